The van der Waals surface area contributed by atoms with Crippen LogP contribution in [0.2, 0.25) is 0 Å². The Hall–Kier alpha value is -0.0800. The van der Waals surface area contributed by atoms with E-state index >= 15 is 0 Å². The monoisotopic (exact) mass is 241 g/mol. The summed E-state index contributed by atoms with van der Waals surface area (Å²) >= 11 is 0. The minimum atomic E-state index is -0.542. The number of nitrogens with two attached hydrogens (primary N) is 1. The summed E-state index contributed by atoms with van der Waals surface area (Å²) in [5.74, 6) is 1.52. The fourth-order valence-electron chi connectivity index (χ4n) is 3.28. The second-order valence-electron chi connectivity index (χ2n) is 6.58. The molecule has 0 aromatic rings. The summed E-state index contributed by atoms with van der Waals surface area (Å²) in [4.78, 5) is 0. The Morgan fingerprint density at radius 1 is 1.35 bits per heavy atom. The number of rotatable bonds is 4. The van der Waals surface area contributed by atoms with Crippen molar-refractivity contribution in [3.8, 4) is 0 Å². The van der Waals surface area contributed by atoms with Crippen molar-refractivity contribution in [2.24, 2.45) is 23.0 Å². The lowest BCUT2D eigenvalue weighted by molar-refractivity contribution is -0.0858. The first kappa shape index (κ1) is 15.0. The zero-order chi connectivity index (χ0) is 13.1. The summed E-state index contributed by atoms with van der Waals surface area (Å²) in [7, 11) is 0. The van der Waals surface area contributed by atoms with E-state index in [2.05, 4.69) is 27.7 Å². The van der Waals surface area contributed by atoms with Gasteiger partial charge >= 0.3 is 0 Å². The lowest BCUT2D eigenvalue weighted by Gasteiger charge is -2.44. The van der Waals surface area contributed by atoms with Gasteiger partial charge < -0.3 is 10.8 Å². The Morgan fingerprint density at radius 2 is 2.00 bits per heavy atom. The lowest BCUT2D eigenvalue weighted by atomic mass is 9.67. The summed E-state index contributed by atoms with van der Waals surface area (Å²) in [6.45, 7) is 9.50. The molecule has 0 bridgehead atoms. The predicted octanol–water partition coefficient (Wildman–Crippen LogP) is 3.33. The van der Waals surface area contributed by atoms with E-state index < -0.39 is 5.60 Å². The Kier molecular flexibility index (Phi) is 5.03. The van der Waals surface area contributed by atoms with Crippen molar-refractivity contribution in [2.75, 3.05) is 6.54 Å². The van der Waals surface area contributed by atoms with Gasteiger partial charge in [0.05, 0.1) is 5.60 Å². The van der Waals surface area contributed by atoms with Crippen LogP contribution in [-0.4, -0.2) is 17.3 Å². The molecule has 1 aliphatic rings. The second kappa shape index (κ2) is 5.71. The Balaban J connectivity index is 2.78. The van der Waals surface area contributed by atoms with Crippen LogP contribution in [0.4, 0.5) is 0 Å². The summed E-state index contributed by atoms with van der Waals surface area (Å²) < 4.78 is 0. The zero-order valence-corrected chi connectivity index (χ0v) is 12.1. The summed E-state index contributed by atoms with van der Waals surface area (Å²) in [6, 6.07) is 0. The maximum Gasteiger partial charge on any atom is 0.0713 e. The van der Waals surface area contributed by atoms with E-state index in [0.29, 0.717) is 6.54 Å². The van der Waals surface area contributed by atoms with Gasteiger partial charge in [-0.05, 0) is 37.5 Å². The smallest absolute Gasteiger partial charge is 0.0713 e. The highest BCUT2D eigenvalue weighted by molar-refractivity contribution is 4.97. The maximum atomic E-state index is 11.0. The molecule has 2 heteroatoms. The van der Waals surface area contributed by atoms with Gasteiger partial charge in [-0.3, -0.25) is 0 Å². The van der Waals surface area contributed by atoms with Crippen LogP contribution in [0.1, 0.15) is 66.2 Å². The molecule has 17 heavy (non-hydrogen) atoms. The Bertz CT molecular complexity index is 235. The molecule has 1 rings (SSSR count). The van der Waals surface area contributed by atoms with E-state index in [-0.39, 0.29) is 5.41 Å². The molecule has 0 spiro atoms. The molecule has 102 valence electrons. The lowest BCUT2D eigenvalue weighted by Crippen LogP contribution is -2.50. The molecule has 2 nitrogen and oxygen atoms in total. The van der Waals surface area contributed by atoms with Crippen LogP contribution in [-0.2, 0) is 0 Å². The molecule has 1 saturated carbocycles. The zero-order valence-electron chi connectivity index (χ0n) is 12.1. The van der Waals surface area contributed by atoms with Crippen LogP contribution in [0.25, 0.3) is 0 Å². The minimum Gasteiger partial charge on any atom is -0.389 e. The van der Waals surface area contributed by atoms with Crippen LogP contribution >= 0.6 is 0 Å². The van der Waals surface area contributed by atoms with Crippen LogP contribution in [0.15, 0.2) is 0 Å². The maximum absolute atomic E-state index is 11.0. The molecule has 3 unspecified atom stereocenters. The van der Waals surface area contributed by atoms with Gasteiger partial charge in [-0.15, -0.1) is 0 Å². The van der Waals surface area contributed by atoms with Gasteiger partial charge in [0.2, 0.25) is 0 Å². The molecule has 0 aromatic carbocycles. The second-order valence-corrected chi connectivity index (χ2v) is 6.58. The Labute approximate surface area is 107 Å². The molecule has 1 aliphatic carbocycles. The third kappa shape index (κ3) is 3.03. The van der Waals surface area contributed by atoms with Crippen molar-refractivity contribution in [2.45, 2.75) is 71.8 Å². The van der Waals surface area contributed by atoms with Crippen LogP contribution in [0.5, 0.6) is 0 Å². The first-order valence-electron chi connectivity index (χ1n) is 7.31. The average molecular weight is 241 g/mol. The molecule has 1 fully saturated rings. The number of aliphatic hydroxyl groups is 1. The summed E-state index contributed by atoms with van der Waals surface area (Å²) in [6.07, 6.45) is 6.39. The van der Waals surface area contributed by atoms with Gasteiger partial charge in [0, 0.05) is 12.0 Å². The highest BCUT2D eigenvalue weighted by Crippen LogP contribution is 2.45. The van der Waals surface area contributed by atoms with Gasteiger partial charge in [0.25, 0.3) is 0 Å². The van der Waals surface area contributed by atoms with Crippen molar-refractivity contribution in [3.05, 3.63) is 0 Å². The largest absolute Gasteiger partial charge is 0.389 e. The van der Waals surface area contributed by atoms with Crippen molar-refractivity contribution < 1.29 is 5.11 Å². The third-order valence-corrected chi connectivity index (χ3v) is 5.39. The van der Waals surface area contributed by atoms with E-state index in [1.807, 2.05) is 0 Å². The van der Waals surface area contributed by atoms with Crippen molar-refractivity contribution in [1.29, 1.82) is 0 Å². The van der Waals surface area contributed by atoms with E-state index in [9.17, 15) is 5.11 Å². The summed E-state index contributed by atoms with van der Waals surface area (Å²) in [5, 5.41) is 11.0. The number of hydrogen-bond acceptors (Lipinski definition) is 2. The fourth-order valence-corrected chi connectivity index (χ4v) is 3.28. The molecule has 3 atom stereocenters. The molecular formula is C15H31NO. The quantitative estimate of drug-likeness (QED) is 0.742. The fraction of sp³-hybridized carbons (Fsp3) is 1.00. The van der Waals surface area contributed by atoms with Crippen molar-refractivity contribution in [1.82, 2.24) is 0 Å². The van der Waals surface area contributed by atoms with Gasteiger partial charge in [0.1, 0.15) is 0 Å². The topological polar surface area (TPSA) is 46.2 Å². The van der Waals surface area contributed by atoms with Gasteiger partial charge in [0.15, 0.2) is 0 Å². The molecule has 3 N–H and O–H groups in total. The molecule has 0 heterocycles. The van der Waals surface area contributed by atoms with Crippen LogP contribution < -0.4 is 5.73 Å². The minimum absolute atomic E-state index is 0.112. The standard InChI is InChI=1S/C15H31NO/c1-5-14(4,11-16)15(17)9-6-7-13(8-10-15)12(2)3/h12-13,17H,5-11,16H2,1-4H3. The molecular weight excluding hydrogens is 210 g/mol. The molecule has 0 amide bonds. The molecule has 0 aliphatic heterocycles. The van der Waals surface area contributed by atoms with Crippen molar-refractivity contribution in [3.63, 3.8) is 0 Å². The van der Waals surface area contributed by atoms with E-state index in [1.165, 1.54) is 6.42 Å². The Morgan fingerprint density at radius 3 is 2.47 bits per heavy atom. The van der Waals surface area contributed by atoms with Crippen LogP contribution in [0.3, 0.4) is 0 Å². The summed E-state index contributed by atoms with van der Waals surface area (Å²) in [5.41, 5.74) is 5.27. The molecule has 0 radical (unpaired) electrons. The third-order valence-electron chi connectivity index (χ3n) is 5.39. The SMILES string of the molecule is CCC(C)(CN)C1(O)CCCC(C(C)C)CC1. The van der Waals surface area contributed by atoms with Gasteiger partial charge in [-0.2, -0.15) is 0 Å². The van der Waals surface area contributed by atoms with Gasteiger partial charge in [-0.1, -0.05) is 40.5 Å². The van der Waals surface area contributed by atoms with Crippen LogP contribution in [0, 0.1) is 17.3 Å². The average Bonchev–Trinajstić information content (AvgIpc) is 2.51. The van der Waals surface area contributed by atoms with E-state index in [4.69, 9.17) is 5.73 Å². The molecule has 0 aromatic heterocycles. The molecule has 0 saturated heterocycles. The van der Waals surface area contributed by atoms with E-state index in [1.54, 1.807) is 0 Å². The van der Waals surface area contributed by atoms with Gasteiger partial charge in [-0.25, -0.2) is 0 Å². The highest BCUT2D eigenvalue weighted by atomic mass is 16.3. The van der Waals surface area contributed by atoms with E-state index in [0.717, 1.165) is 43.9 Å². The predicted molar refractivity (Wildman–Crippen MR) is 73.8 cm³/mol. The first-order chi connectivity index (χ1) is 7.88. The number of hydrogen-bond donors (Lipinski definition) is 2. The van der Waals surface area contributed by atoms with Crippen molar-refractivity contribution >= 4 is 0 Å². The first-order valence-corrected chi connectivity index (χ1v) is 7.31. The normalized spacial score (nSPS) is 34.4. The highest BCUT2D eigenvalue weighted by Gasteiger charge is 2.45.